The number of carbonyl (C=O) groups excluding carboxylic acids is 1. The number of hydrogen-bond acceptors (Lipinski definition) is 3. The summed E-state index contributed by atoms with van der Waals surface area (Å²) in [6, 6.07) is -0.161. The summed E-state index contributed by atoms with van der Waals surface area (Å²) in [5, 5.41) is 11.7. The zero-order valence-electron chi connectivity index (χ0n) is 11.4. The molecule has 1 heterocycles. The van der Waals surface area contributed by atoms with Gasteiger partial charge < -0.3 is 20.1 Å². The summed E-state index contributed by atoms with van der Waals surface area (Å²) in [5.74, 6) is -1.15. The molecule has 6 heteroatoms. The Hall–Kier alpha value is -1.30. The van der Waals surface area contributed by atoms with Crippen molar-refractivity contribution in [2.75, 3.05) is 26.8 Å². The summed E-state index contributed by atoms with van der Waals surface area (Å²) in [4.78, 5) is 24.3. The highest BCUT2D eigenvalue weighted by Crippen LogP contribution is 2.24. The van der Waals surface area contributed by atoms with Gasteiger partial charge in [-0.3, -0.25) is 4.79 Å². The molecule has 6 nitrogen and oxygen atoms in total. The average Bonchev–Trinajstić information content (AvgIpc) is 2.13. The molecule has 2 amide bonds. The van der Waals surface area contributed by atoms with Gasteiger partial charge in [-0.2, -0.15) is 0 Å². The van der Waals surface area contributed by atoms with Crippen molar-refractivity contribution < 1.29 is 19.4 Å². The van der Waals surface area contributed by atoms with Gasteiger partial charge in [0.25, 0.3) is 0 Å². The number of nitrogens with one attached hydrogen (secondary N) is 1. The third kappa shape index (κ3) is 3.60. The van der Waals surface area contributed by atoms with E-state index in [0.717, 1.165) is 0 Å². The van der Waals surface area contributed by atoms with Crippen LogP contribution in [0.5, 0.6) is 0 Å². The Morgan fingerprint density at radius 2 is 2.06 bits per heavy atom. The Kier molecular flexibility index (Phi) is 4.56. The molecule has 1 aliphatic rings. The third-order valence-electron chi connectivity index (χ3n) is 3.24. The molecule has 1 unspecified atom stereocenters. The molecule has 104 valence electrons. The number of carbonyl (C=O) groups is 2. The fourth-order valence-electron chi connectivity index (χ4n) is 1.96. The number of rotatable bonds is 5. The molecule has 2 N–H and O–H groups in total. The monoisotopic (exact) mass is 258 g/mol. The molecule has 0 bridgehead atoms. The zero-order chi connectivity index (χ0) is 13.9. The van der Waals surface area contributed by atoms with E-state index in [4.69, 9.17) is 9.84 Å². The highest BCUT2D eigenvalue weighted by Gasteiger charge is 2.38. The number of hydrogen-bond donors (Lipinski definition) is 2. The van der Waals surface area contributed by atoms with E-state index >= 15 is 0 Å². The minimum Gasteiger partial charge on any atom is -0.481 e. The molecular weight excluding hydrogens is 236 g/mol. The quantitative estimate of drug-likeness (QED) is 0.763. The van der Waals surface area contributed by atoms with Crippen molar-refractivity contribution in [3.05, 3.63) is 0 Å². The van der Waals surface area contributed by atoms with Crippen LogP contribution in [0, 0.1) is 11.8 Å². The molecule has 1 rings (SSSR count). The second kappa shape index (κ2) is 5.56. The van der Waals surface area contributed by atoms with Crippen LogP contribution in [-0.2, 0) is 9.53 Å². The molecule has 0 aromatic carbocycles. The van der Waals surface area contributed by atoms with Crippen molar-refractivity contribution >= 4 is 12.0 Å². The molecule has 0 aliphatic carbocycles. The summed E-state index contributed by atoms with van der Waals surface area (Å²) in [6.45, 7) is 6.88. The topological polar surface area (TPSA) is 78.9 Å². The fourth-order valence-corrected chi connectivity index (χ4v) is 1.96. The maximum Gasteiger partial charge on any atom is 0.317 e. The van der Waals surface area contributed by atoms with Crippen LogP contribution in [0.25, 0.3) is 0 Å². The second-order valence-corrected chi connectivity index (χ2v) is 5.54. The number of likely N-dealkylation sites (tertiary alicyclic amines) is 1. The maximum absolute atomic E-state index is 11.9. The number of ether oxygens (including phenoxy) is 1. The molecule has 1 atom stereocenters. The van der Waals surface area contributed by atoms with Gasteiger partial charge in [-0.15, -0.1) is 0 Å². The Labute approximate surface area is 107 Å². The van der Waals surface area contributed by atoms with Gasteiger partial charge in [0, 0.05) is 26.1 Å². The smallest absolute Gasteiger partial charge is 0.317 e. The number of methoxy groups -OCH3 is 1. The number of aliphatic carboxylic acids is 1. The van der Waals surface area contributed by atoms with Gasteiger partial charge in [-0.25, -0.2) is 4.79 Å². The summed E-state index contributed by atoms with van der Waals surface area (Å²) in [5.41, 5.74) is -0.421. The zero-order valence-corrected chi connectivity index (χ0v) is 11.4. The van der Waals surface area contributed by atoms with Crippen LogP contribution >= 0.6 is 0 Å². The highest BCUT2D eigenvalue weighted by molar-refractivity contribution is 5.76. The lowest BCUT2D eigenvalue weighted by atomic mass is 9.87. The standard InChI is InChI=1S/C12H22N2O4/c1-8(10(15)16)9-5-14(6-9)11(17)13-12(2,3)7-18-4/h8-9H,5-7H2,1-4H3,(H,13,17)(H,15,16). The van der Waals surface area contributed by atoms with Gasteiger partial charge in [0.1, 0.15) is 0 Å². The molecular formula is C12H22N2O4. The Morgan fingerprint density at radius 3 is 2.50 bits per heavy atom. The molecule has 0 aromatic heterocycles. The third-order valence-corrected chi connectivity index (χ3v) is 3.24. The minimum atomic E-state index is -0.806. The van der Waals surface area contributed by atoms with Crippen LogP contribution in [0.15, 0.2) is 0 Å². The van der Waals surface area contributed by atoms with E-state index < -0.39 is 17.4 Å². The van der Waals surface area contributed by atoms with Gasteiger partial charge in [-0.05, 0) is 13.8 Å². The summed E-state index contributed by atoms with van der Waals surface area (Å²) >= 11 is 0. The first-order chi connectivity index (χ1) is 8.26. The van der Waals surface area contributed by atoms with Crippen LogP contribution < -0.4 is 5.32 Å². The van der Waals surface area contributed by atoms with Crippen LogP contribution in [0.1, 0.15) is 20.8 Å². The molecule has 0 spiro atoms. The number of amides is 2. The number of carboxylic acids is 1. The first-order valence-electron chi connectivity index (χ1n) is 6.05. The summed E-state index contributed by atoms with van der Waals surface area (Å²) in [6.07, 6.45) is 0. The predicted molar refractivity (Wildman–Crippen MR) is 66.3 cm³/mol. The van der Waals surface area contributed by atoms with Gasteiger partial charge in [0.2, 0.25) is 0 Å². The normalized spacial score (nSPS) is 18.1. The summed E-state index contributed by atoms with van der Waals surface area (Å²) < 4.78 is 5.02. The van der Waals surface area contributed by atoms with Crippen LogP contribution in [0.2, 0.25) is 0 Å². The van der Waals surface area contributed by atoms with Gasteiger partial charge >= 0.3 is 12.0 Å². The van der Waals surface area contributed by atoms with E-state index in [1.54, 1.807) is 18.9 Å². The molecule has 0 saturated carbocycles. The molecule has 0 aromatic rings. The second-order valence-electron chi connectivity index (χ2n) is 5.54. The minimum absolute atomic E-state index is 0.0544. The molecule has 1 fully saturated rings. The van der Waals surface area contributed by atoms with E-state index in [1.165, 1.54) is 0 Å². The Morgan fingerprint density at radius 1 is 1.50 bits per heavy atom. The SMILES string of the molecule is COCC(C)(C)NC(=O)N1CC(C(C)C(=O)O)C1. The average molecular weight is 258 g/mol. The van der Waals surface area contributed by atoms with Crippen molar-refractivity contribution in [2.45, 2.75) is 26.3 Å². The van der Waals surface area contributed by atoms with Crippen LogP contribution in [-0.4, -0.2) is 54.4 Å². The van der Waals surface area contributed by atoms with E-state index in [-0.39, 0.29) is 11.9 Å². The summed E-state index contributed by atoms with van der Waals surface area (Å²) in [7, 11) is 1.59. The fraction of sp³-hybridized carbons (Fsp3) is 0.833. The Bertz CT molecular complexity index is 324. The van der Waals surface area contributed by atoms with Crippen molar-refractivity contribution in [2.24, 2.45) is 11.8 Å². The van der Waals surface area contributed by atoms with E-state index in [9.17, 15) is 9.59 Å². The lowest BCUT2D eigenvalue weighted by molar-refractivity contribution is -0.144. The lowest BCUT2D eigenvalue weighted by Gasteiger charge is -2.42. The first kappa shape index (κ1) is 14.8. The van der Waals surface area contributed by atoms with Gasteiger partial charge in [0.05, 0.1) is 18.1 Å². The lowest BCUT2D eigenvalue weighted by Crippen LogP contribution is -2.60. The van der Waals surface area contributed by atoms with Crippen molar-refractivity contribution in [1.29, 1.82) is 0 Å². The van der Waals surface area contributed by atoms with Crippen molar-refractivity contribution in [3.63, 3.8) is 0 Å². The van der Waals surface area contributed by atoms with Crippen LogP contribution in [0.4, 0.5) is 4.79 Å². The van der Waals surface area contributed by atoms with Crippen molar-refractivity contribution in [3.8, 4) is 0 Å². The highest BCUT2D eigenvalue weighted by atomic mass is 16.5. The first-order valence-corrected chi connectivity index (χ1v) is 6.05. The maximum atomic E-state index is 11.9. The predicted octanol–water partition coefficient (Wildman–Crippen LogP) is 0.773. The van der Waals surface area contributed by atoms with Gasteiger partial charge in [-0.1, -0.05) is 6.92 Å². The number of nitrogens with zero attached hydrogens (tertiary/aromatic N) is 1. The van der Waals surface area contributed by atoms with Crippen molar-refractivity contribution in [1.82, 2.24) is 10.2 Å². The molecule has 18 heavy (non-hydrogen) atoms. The molecule has 0 radical (unpaired) electrons. The van der Waals surface area contributed by atoms with E-state index in [1.807, 2.05) is 13.8 Å². The molecule has 1 saturated heterocycles. The Balaban J connectivity index is 2.37. The molecule has 1 aliphatic heterocycles. The number of carboxylic acid groups (broad SMARTS) is 1. The largest absolute Gasteiger partial charge is 0.481 e. The number of urea groups is 1. The van der Waals surface area contributed by atoms with E-state index in [2.05, 4.69) is 5.32 Å². The van der Waals surface area contributed by atoms with E-state index in [0.29, 0.717) is 19.7 Å². The van der Waals surface area contributed by atoms with Crippen LogP contribution in [0.3, 0.4) is 0 Å². The van der Waals surface area contributed by atoms with Gasteiger partial charge in [0.15, 0.2) is 0 Å².